The molecule has 5 N–H and O–H groups in total. The zero-order valence-corrected chi connectivity index (χ0v) is 12.4. The van der Waals surface area contributed by atoms with Crippen molar-refractivity contribution in [3.8, 4) is 0 Å². The third-order valence-electron chi connectivity index (χ3n) is 2.54. The summed E-state index contributed by atoms with van der Waals surface area (Å²) in [7, 11) is 0. The lowest BCUT2D eigenvalue weighted by atomic mass is 10.2. The highest BCUT2D eigenvalue weighted by Gasteiger charge is 1.98. The van der Waals surface area contributed by atoms with Gasteiger partial charge in [-0.05, 0) is 25.0 Å². The molecule has 1 amide bonds. The van der Waals surface area contributed by atoms with Crippen LogP contribution < -0.4 is 16.4 Å². The predicted octanol–water partition coefficient (Wildman–Crippen LogP) is 1.64. The van der Waals surface area contributed by atoms with Gasteiger partial charge in [0, 0.05) is 24.7 Å². The Morgan fingerprint density at radius 1 is 1.24 bits per heavy atom. The Labute approximate surface area is 129 Å². The average molecular weight is 315 g/mol. The maximum absolute atomic E-state index is 13.3. The van der Waals surface area contributed by atoms with Gasteiger partial charge in [-0.2, -0.15) is 0 Å². The quantitative estimate of drug-likeness (QED) is 0.267. The van der Waals surface area contributed by atoms with Gasteiger partial charge in [-0.1, -0.05) is 18.2 Å². The molecule has 0 heterocycles. The van der Waals surface area contributed by atoms with Crippen molar-refractivity contribution in [2.45, 2.75) is 12.8 Å². The number of hydrogen-bond donors (Lipinski definition) is 4. The number of carbonyl (C=O) groups is 1. The number of amides is 1. The van der Waals surface area contributed by atoms with E-state index in [1.807, 2.05) is 0 Å². The number of nitrogens with one attached hydrogen (secondary N) is 3. The first-order valence-corrected chi connectivity index (χ1v) is 6.38. The van der Waals surface area contributed by atoms with E-state index in [0.29, 0.717) is 18.7 Å². The highest BCUT2D eigenvalue weighted by molar-refractivity contribution is 5.91. The van der Waals surface area contributed by atoms with Crippen molar-refractivity contribution < 1.29 is 9.18 Å². The molecule has 1 aromatic carbocycles. The number of halogens is 2. The van der Waals surface area contributed by atoms with Crippen molar-refractivity contribution in [1.82, 2.24) is 10.6 Å². The van der Waals surface area contributed by atoms with Gasteiger partial charge in [0.05, 0.1) is 0 Å². The second kappa shape index (κ2) is 10.7. The van der Waals surface area contributed by atoms with E-state index >= 15 is 0 Å². The Morgan fingerprint density at radius 3 is 2.48 bits per heavy atom. The SMILES string of the molecule is Cl.N=C(N)NCCCCNC(=O)/C=C/c1ccccc1F. The van der Waals surface area contributed by atoms with E-state index in [9.17, 15) is 9.18 Å². The van der Waals surface area contributed by atoms with Crippen LogP contribution >= 0.6 is 12.4 Å². The molecule has 0 saturated heterocycles. The molecule has 0 radical (unpaired) electrons. The summed E-state index contributed by atoms with van der Waals surface area (Å²) < 4.78 is 13.3. The first-order valence-electron chi connectivity index (χ1n) is 6.38. The minimum absolute atomic E-state index is 0. The molecule has 1 aromatic rings. The van der Waals surface area contributed by atoms with Gasteiger partial charge in [0.15, 0.2) is 5.96 Å². The van der Waals surface area contributed by atoms with Crippen LogP contribution in [0.5, 0.6) is 0 Å². The number of hydrogen-bond acceptors (Lipinski definition) is 2. The van der Waals surface area contributed by atoms with E-state index in [-0.39, 0.29) is 30.1 Å². The fraction of sp³-hybridized carbons (Fsp3) is 0.286. The smallest absolute Gasteiger partial charge is 0.244 e. The predicted molar refractivity (Wildman–Crippen MR) is 84.8 cm³/mol. The number of rotatable bonds is 7. The summed E-state index contributed by atoms with van der Waals surface area (Å²) in [6.45, 7) is 1.14. The molecule has 0 fully saturated rings. The molecule has 116 valence electrons. The van der Waals surface area contributed by atoms with Crippen molar-refractivity contribution in [3.63, 3.8) is 0 Å². The molecule has 0 spiro atoms. The summed E-state index contributed by atoms with van der Waals surface area (Å²) in [5, 5.41) is 12.3. The summed E-state index contributed by atoms with van der Waals surface area (Å²) in [6.07, 6.45) is 4.34. The molecule has 5 nitrogen and oxygen atoms in total. The van der Waals surface area contributed by atoms with Crippen molar-refractivity contribution in [3.05, 3.63) is 41.7 Å². The largest absolute Gasteiger partial charge is 0.370 e. The van der Waals surface area contributed by atoms with E-state index in [2.05, 4.69) is 10.6 Å². The second-order valence-electron chi connectivity index (χ2n) is 4.19. The Bertz CT molecular complexity index is 494. The molecule has 7 heteroatoms. The molecule has 0 aliphatic heterocycles. The minimum atomic E-state index is -0.355. The van der Waals surface area contributed by atoms with Gasteiger partial charge in [0.1, 0.15) is 5.82 Å². The molecule has 0 unspecified atom stereocenters. The molecular formula is C14H20ClFN4O. The first kappa shape index (κ1) is 18.9. The van der Waals surface area contributed by atoms with E-state index in [0.717, 1.165) is 12.8 Å². The van der Waals surface area contributed by atoms with Crippen LogP contribution in [0.2, 0.25) is 0 Å². The fourth-order valence-corrected chi connectivity index (χ4v) is 1.52. The number of unbranched alkanes of at least 4 members (excludes halogenated alkanes) is 1. The van der Waals surface area contributed by atoms with Crippen LogP contribution in [0.15, 0.2) is 30.3 Å². The van der Waals surface area contributed by atoms with Crippen molar-refractivity contribution in [1.29, 1.82) is 5.41 Å². The van der Waals surface area contributed by atoms with Gasteiger partial charge >= 0.3 is 0 Å². The van der Waals surface area contributed by atoms with Crippen LogP contribution in [-0.4, -0.2) is 25.0 Å². The summed E-state index contributed by atoms with van der Waals surface area (Å²) in [6, 6.07) is 6.26. The zero-order valence-electron chi connectivity index (χ0n) is 11.6. The van der Waals surface area contributed by atoms with Crippen LogP contribution in [0.4, 0.5) is 4.39 Å². The number of guanidine groups is 1. The van der Waals surface area contributed by atoms with E-state index < -0.39 is 0 Å². The molecular weight excluding hydrogens is 295 g/mol. The van der Waals surface area contributed by atoms with Gasteiger partial charge in [-0.3, -0.25) is 10.2 Å². The lowest BCUT2D eigenvalue weighted by Gasteiger charge is -2.04. The van der Waals surface area contributed by atoms with Crippen molar-refractivity contribution in [2.24, 2.45) is 5.73 Å². The Morgan fingerprint density at radius 2 is 1.86 bits per heavy atom. The highest BCUT2D eigenvalue weighted by Crippen LogP contribution is 2.07. The lowest BCUT2D eigenvalue weighted by Crippen LogP contribution is -2.31. The molecule has 21 heavy (non-hydrogen) atoms. The van der Waals surface area contributed by atoms with E-state index in [1.54, 1.807) is 18.2 Å². The van der Waals surface area contributed by atoms with Crippen LogP contribution in [-0.2, 0) is 4.79 Å². The standard InChI is InChI=1S/C14H19FN4O.ClH/c15-12-6-2-1-5-11(12)7-8-13(20)18-9-3-4-10-19-14(16)17;/h1-2,5-8H,3-4,9-10H2,(H,18,20)(H4,16,17,19);1H/b8-7+;. The number of carbonyl (C=O) groups excluding carboxylic acids is 1. The second-order valence-corrected chi connectivity index (χ2v) is 4.19. The van der Waals surface area contributed by atoms with Crippen LogP contribution in [0.1, 0.15) is 18.4 Å². The summed E-state index contributed by atoms with van der Waals surface area (Å²) in [4.78, 5) is 11.5. The minimum Gasteiger partial charge on any atom is -0.370 e. The van der Waals surface area contributed by atoms with Gasteiger partial charge in [-0.25, -0.2) is 4.39 Å². The zero-order chi connectivity index (χ0) is 14.8. The molecule has 1 rings (SSSR count). The lowest BCUT2D eigenvalue weighted by molar-refractivity contribution is -0.116. The maximum Gasteiger partial charge on any atom is 0.244 e. The summed E-state index contributed by atoms with van der Waals surface area (Å²) >= 11 is 0. The topological polar surface area (TPSA) is 91.0 Å². The molecule has 0 atom stereocenters. The van der Waals surface area contributed by atoms with Crippen LogP contribution in [0, 0.1) is 11.2 Å². The molecule has 0 saturated carbocycles. The molecule has 0 bridgehead atoms. The van der Waals surface area contributed by atoms with Crippen LogP contribution in [0.3, 0.4) is 0 Å². The molecule has 0 aliphatic rings. The maximum atomic E-state index is 13.3. The third-order valence-corrected chi connectivity index (χ3v) is 2.54. The van der Waals surface area contributed by atoms with Crippen molar-refractivity contribution >= 4 is 30.3 Å². The van der Waals surface area contributed by atoms with Gasteiger partial charge in [0.2, 0.25) is 5.91 Å². The number of benzene rings is 1. The van der Waals surface area contributed by atoms with Gasteiger partial charge in [-0.15, -0.1) is 12.4 Å². The Balaban J connectivity index is 0.00000400. The number of nitrogens with two attached hydrogens (primary N) is 1. The fourth-order valence-electron chi connectivity index (χ4n) is 1.52. The van der Waals surface area contributed by atoms with Gasteiger partial charge in [0.25, 0.3) is 0 Å². The summed E-state index contributed by atoms with van der Waals surface area (Å²) in [5.41, 5.74) is 5.51. The summed E-state index contributed by atoms with van der Waals surface area (Å²) in [5.74, 6) is -0.665. The third kappa shape index (κ3) is 8.65. The highest BCUT2D eigenvalue weighted by atomic mass is 35.5. The Hall–Kier alpha value is -2.08. The van der Waals surface area contributed by atoms with E-state index in [4.69, 9.17) is 11.1 Å². The normalized spacial score (nSPS) is 9.95. The van der Waals surface area contributed by atoms with E-state index in [1.165, 1.54) is 18.2 Å². The average Bonchev–Trinajstić information content (AvgIpc) is 2.41. The van der Waals surface area contributed by atoms with Crippen molar-refractivity contribution in [2.75, 3.05) is 13.1 Å². The Kier molecular flexibility index (Phi) is 9.62. The monoisotopic (exact) mass is 314 g/mol. The molecule has 0 aliphatic carbocycles. The molecule has 0 aromatic heterocycles. The van der Waals surface area contributed by atoms with Crippen LogP contribution in [0.25, 0.3) is 6.08 Å². The first-order chi connectivity index (χ1) is 9.59. The van der Waals surface area contributed by atoms with Gasteiger partial charge < -0.3 is 16.4 Å².